The van der Waals surface area contributed by atoms with E-state index in [4.69, 9.17) is 14.6 Å². The Morgan fingerprint density at radius 3 is 2.66 bits per heavy atom. The first-order chi connectivity index (χ1) is 13.9. The fourth-order valence-electron chi connectivity index (χ4n) is 3.94. The van der Waals surface area contributed by atoms with Gasteiger partial charge in [-0.1, -0.05) is 31.5 Å². The fraction of sp³-hybridized carbons (Fsp3) is 0.478. The molecule has 0 saturated heterocycles. The maximum atomic E-state index is 13.2. The molecule has 0 bridgehead atoms. The number of aromatic nitrogens is 2. The van der Waals surface area contributed by atoms with Crippen molar-refractivity contribution in [1.82, 2.24) is 9.78 Å². The summed E-state index contributed by atoms with van der Waals surface area (Å²) < 4.78 is 13.4. The Kier molecular flexibility index (Phi) is 6.30. The van der Waals surface area contributed by atoms with Crippen molar-refractivity contribution in [2.75, 3.05) is 11.9 Å². The summed E-state index contributed by atoms with van der Waals surface area (Å²) in [5, 5.41) is 8.16. The lowest BCUT2D eigenvalue weighted by Gasteiger charge is -2.30. The van der Waals surface area contributed by atoms with Gasteiger partial charge in [0.2, 0.25) is 0 Å². The normalized spacial score (nSPS) is 15.9. The molecule has 0 saturated carbocycles. The smallest absolute Gasteiger partial charge is 0.337 e. The van der Waals surface area contributed by atoms with E-state index in [0.717, 1.165) is 46.9 Å². The topological polar surface area (TPSA) is 65.4 Å². The number of anilines is 1. The van der Waals surface area contributed by atoms with E-state index in [1.807, 2.05) is 63.7 Å². The number of nitrogens with one attached hydrogen (secondary N) is 1. The van der Waals surface area contributed by atoms with Crippen LogP contribution < -0.4 is 10.1 Å². The molecule has 1 aromatic carbocycles. The van der Waals surface area contributed by atoms with Crippen LogP contribution >= 0.6 is 0 Å². The van der Waals surface area contributed by atoms with Gasteiger partial charge >= 0.3 is 5.97 Å². The molecule has 2 heterocycles. The molecule has 0 fully saturated rings. The number of aryl methyl sites for hydroxylation is 2. The molecule has 6 nitrogen and oxygen atoms in total. The minimum absolute atomic E-state index is 0.198. The highest BCUT2D eigenvalue weighted by molar-refractivity contribution is 5.95. The van der Waals surface area contributed by atoms with Gasteiger partial charge in [-0.3, -0.25) is 4.68 Å². The third kappa shape index (κ3) is 4.02. The average Bonchev–Trinajstić information content (AvgIpc) is 2.96. The number of allylic oxidation sites excluding steroid dienone is 1. The Morgan fingerprint density at radius 2 is 2.00 bits per heavy atom. The van der Waals surface area contributed by atoms with Crippen molar-refractivity contribution in [3.63, 3.8) is 0 Å². The first kappa shape index (κ1) is 21.0. The summed E-state index contributed by atoms with van der Waals surface area (Å²) in [6.45, 7) is 10.3. The molecule has 0 aliphatic carbocycles. The minimum atomic E-state index is -0.307. The zero-order valence-electron chi connectivity index (χ0n) is 18.2. The molecule has 0 amide bonds. The summed E-state index contributed by atoms with van der Waals surface area (Å²) in [6, 6.07) is 7.92. The van der Waals surface area contributed by atoms with Crippen LogP contribution in [-0.4, -0.2) is 28.5 Å². The van der Waals surface area contributed by atoms with E-state index in [9.17, 15) is 4.79 Å². The van der Waals surface area contributed by atoms with Gasteiger partial charge in [-0.2, -0.15) is 5.10 Å². The molecule has 6 heteroatoms. The summed E-state index contributed by atoms with van der Waals surface area (Å²) in [5.74, 6) is 1.10. The SMILES string of the molecule is CCCc1nn(C)c2c1C(c1ccccc1OCC)C(C(=O)OC(C)C)=C(C)N2. The molecule has 3 rings (SSSR count). The number of carbonyl (C=O) groups excluding carboxylic acids is 1. The van der Waals surface area contributed by atoms with Crippen molar-refractivity contribution in [2.24, 2.45) is 7.05 Å². The highest BCUT2D eigenvalue weighted by atomic mass is 16.5. The number of para-hydroxylation sites is 1. The standard InChI is InChI=1S/C23H31N3O3/c1-7-11-17-21-20(16-12-9-10-13-18(16)28-8-2)19(23(27)29-14(3)4)15(5)24-22(21)26(6)25-17/h9-10,12-14,20,24H,7-8,11H2,1-6H3. The molecule has 0 spiro atoms. The van der Waals surface area contributed by atoms with Crippen molar-refractivity contribution in [3.8, 4) is 5.75 Å². The van der Waals surface area contributed by atoms with Crippen molar-refractivity contribution < 1.29 is 14.3 Å². The monoisotopic (exact) mass is 397 g/mol. The van der Waals surface area contributed by atoms with Gasteiger partial charge < -0.3 is 14.8 Å². The molecule has 1 unspecified atom stereocenters. The largest absolute Gasteiger partial charge is 0.494 e. The van der Waals surface area contributed by atoms with Crippen LogP contribution in [-0.2, 0) is 23.0 Å². The summed E-state index contributed by atoms with van der Waals surface area (Å²) in [7, 11) is 1.93. The maximum absolute atomic E-state index is 13.2. The summed E-state index contributed by atoms with van der Waals surface area (Å²) in [5.41, 5.74) is 4.38. The lowest BCUT2D eigenvalue weighted by atomic mass is 9.80. The molecule has 29 heavy (non-hydrogen) atoms. The number of benzene rings is 1. The van der Waals surface area contributed by atoms with Gasteiger partial charge in [0.1, 0.15) is 11.6 Å². The predicted octanol–water partition coefficient (Wildman–Crippen LogP) is 4.55. The van der Waals surface area contributed by atoms with Gasteiger partial charge in [-0.25, -0.2) is 4.79 Å². The minimum Gasteiger partial charge on any atom is -0.494 e. The lowest BCUT2D eigenvalue weighted by Crippen LogP contribution is -2.27. The molecule has 0 radical (unpaired) electrons. The molecule has 1 aromatic heterocycles. The lowest BCUT2D eigenvalue weighted by molar-refractivity contribution is -0.143. The van der Waals surface area contributed by atoms with Crippen LogP contribution in [0.15, 0.2) is 35.5 Å². The van der Waals surface area contributed by atoms with Crippen LogP contribution in [0.4, 0.5) is 5.82 Å². The van der Waals surface area contributed by atoms with Crippen LogP contribution in [0, 0.1) is 0 Å². The molecule has 1 N–H and O–H groups in total. The van der Waals surface area contributed by atoms with Crippen LogP contribution in [0.5, 0.6) is 5.75 Å². The number of esters is 1. The van der Waals surface area contributed by atoms with E-state index in [2.05, 4.69) is 12.2 Å². The Hall–Kier alpha value is -2.76. The van der Waals surface area contributed by atoms with E-state index >= 15 is 0 Å². The van der Waals surface area contributed by atoms with Crippen molar-refractivity contribution in [1.29, 1.82) is 0 Å². The molecule has 1 aliphatic heterocycles. The van der Waals surface area contributed by atoms with Gasteiger partial charge in [0.25, 0.3) is 0 Å². The molecule has 2 aromatic rings. The third-order valence-electron chi connectivity index (χ3n) is 5.03. The van der Waals surface area contributed by atoms with Gasteiger partial charge in [0.15, 0.2) is 0 Å². The zero-order valence-corrected chi connectivity index (χ0v) is 18.2. The number of hydrogen-bond acceptors (Lipinski definition) is 5. The van der Waals surface area contributed by atoms with Crippen molar-refractivity contribution in [3.05, 3.63) is 52.4 Å². The predicted molar refractivity (Wildman–Crippen MR) is 114 cm³/mol. The van der Waals surface area contributed by atoms with Crippen molar-refractivity contribution >= 4 is 11.8 Å². The van der Waals surface area contributed by atoms with Crippen LogP contribution in [0.25, 0.3) is 0 Å². The van der Waals surface area contributed by atoms with Gasteiger partial charge in [-0.05, 0) is 40.2 Å². The number of ether oxygens (including phenoxy) is 2. The average molecular weight is 398 g/mol. The van der Waals surface area contributed by atoms with E-state index in [1.54, 1.807) is 0 Å². The quantitative estimate of drug-likeness (QED) is 0.694. The Morgan fingerprint density at radius 1 is 1.28 bits per heavy atom. The first-order valence-electron chi connectivity index (χ1n) is 10.3. The van der Waals surface area contributed by atoms with Crippen molar-refractivity contribution in [2.45, 2.75) is 59.5 Å². The number of nitrogens with zero attached hydrogens (tertiary/aromatic N) is 2. The van der Waals surface area contributed by atoms with Gasteiger partial charge in [-0.15, -0.1) is 0 Å². The molecule has 1 atom stereocenters. The van der Waals surface area contributed by atoms with E-state index in [0.29, 0.717) is 12.2 Å². The maximum Gasteiger partial charge on any atom is 0.337 e. The van der Waals surface area contributed by atoms with E-state index in [-0.39, 0.29) is 18.0 Å². The summed E-state index contributed by atoms with van der Waals surface area (Å²) >= 11 is 0. The van der Waals surface area contributed by atoms with Crippen LogP contribution in [0.2, 0.25) is 0 Å². The highest BCUT2D eigenvalue weighted by Crippen LogP contribution is 2.46. The fourth-order valence-corrected chi connectivity index (χ4v) is 3.94. The second-order valence-corrected chi connectivity index (χ2v) is 7.60. The van der Waals surface area contributed by atoms with Crippen LogP contribution in [0.1, 0.15) is 63.8 Å². The molecular weight excluding hydrogens is 366 g/mol. The number of rotatable bonds is 7. The van der Waals surface area contributed by atoms with Gasteiger partial charge in [0.05, 0.1) is 29.9 Å². The first-order valence-corrected chi connectivity index (χ1v) is 10.3. The third-order valence-corrected chi connectivity index (χ3v) is 5.03. The Bertz CT molecular complexity index is 927. The highest BCUT2D eigenvalue weighted by Gasteiger charge is 2.38. The van der Waals surface area contributed by atoms with Crippen LogP contribution in [0.3, 0.4) is 0 Å². The molecular formula is C23H31N3O3. The number of carbonyl (C=O) groups is 1. The molecule has 1 aliphatic rings. The van der Waals surface area contributed by atoms with Gasteiger partial charge in [0, 0.05) is 23.9 Å². The number of fused-ring (bicyclic) bond motifs is 1. The van der Waals surface area contributed by atoms with E-state index < -0.39 is 0 Å². The number of hydrogen-bond donors (Lipinski definition) is 1. The summed E-state index contributed by atoms with van der Waals surface area (Å²) in [4.78, 5) is 13.2. The second-order valence-electron chi connectivity index (χ2n) is 7.60. The Labute approximate surface area is 172 Å². The molecule has 156 valence electrons. The zero-order chi connectivity index (χ0) is 21.1. The Balaban J connectivity index is 2.26. The van der Waals surface area contributed by atoms with E-state index in [1.165, 1.54) is 0 Å². The summed E-state index contributed by atoms with van der Waals surface area (Å²) in [6.07, 6.45) is 1.61. The second kappa shape index (κ2) is 8.72.